The second-order valence-electron chi connectivity index (χ2n) is 11.1. The summed E-state index contributed by atoms with van der Waals surface area (Å²) in [5.74, 6) is -11.6. The number of carbonyl (C=O) groups is 6. The van der Waals surface area contributed by atoms with Crippen LogP contribution in [0.4, 0.5) is 0 Å². The predicted octanol–water partition coefficient (Wildman–Crippen LogP) is 0.711. The van der Waals surface area contributed by atoms with Crippen LogP contribution in [0.25, 0.3) is 11.1 Å². The van der Waals surface area contributed by atoms with Crippen LogP contribution in [0.3, 0.4) is 0 Å². The number of amides is 1. The van der Waals surface area contributed by atoms with Gasteiger partial charge >= 0.3 is 5.97 Å². The summed E-state index contributed by atoms with van der Waals surface area (Å²) in [7, 11) is 3.06. The molecule has 6 unspecified atom stereocenters. The fourth-order valence-corrected chi connectivity index (χ4v) is 6.90. The number of primary amides is 1. The van der Waals surface area contributed by atoms with Gasteiger partial charge in [-0.15, -0.1) is 0 Å². The maximum Gasteiger partial charge on any atom is 0.338 e. The molecular formula is C30H30N2O9. The average molecular weight is 563 g/mol. The number of Topliss-reactive ketones (excluding diaryl/α,β-unsaturated/α-hetero) is 4. The lowest BCUT2D eigenvalue weighted by Gasteiger charge is -2.52. The Bertz CT molecular complexity index is 1530. The maximum atomic E-state index is 13.9. The van der Waals surface area contributed by atoms with Gasteiger partial charge in [0.05, 0.1) is 29.7 Å². The van der Waals surface area contributed by atoms with E-state index < -0.39 is 70.3 Å². The van der Waals surface area contributed by atoms with E-state index in [1.165, 1.54) is 25.1 Å². The molecule has 5 rings (SSSR count). The maximum absolute atomic E-state index is 13.9. The summed E-state index contributed by atoms with van der Waals surface area (Å²) in [4.78, 5) is 80.3. The number of fused-ring (bicyclic) bond motifs is 3. The molecule has 0 heterocycles. The highest BCUT2D eigenvalue weighted by Gasteiger charge is 2.69. The third-order valence-corrected chi connectivity index (χ3v) is 8.63. The molecule has 0 bridgehead atoms. The number of hydrogen-bond donors (Lipinski definition) is 3. The molecule has 0 saturated heterocycles. The van der Waals surface area contributed by atoms with E-state index >= 15 is 0 Å². The van der Waals surface area contributed by atoms with Gasteiger partial charge < -0.3 is 20.7 Å². The zero-order valence-corrected chi connectivity index (χ0v) is 22.7. The molecule has 0 aromatic heterocycles. The van der Waals surface area contributed by atoms with Crippen LogP contribution in [-0.2, 0) is 30.3 Å². The summed E-state index contributed by atoms with van der Waals surface area (Å²) in [6, 6.07) is 8.34. The molecule has 0 radical (unpaired) electrons. The van der Waals surface area contributed by atoms with Crippen molar-refractivity contribution in [3.05, 3.63) is 53.1 Å². The lowest BCUT2D eigenvalue weighted by Crippen LogP contribution is -2.74. The average Bonchev–Trinajstić information content (AvgIpc) is 2.90. The van der Waals surface area contributed by atoms with E-state index in [-0.39, 0.29) is 30.8 Å². The van der Waals surface area contributed by atoms with E-state index in [0.29, 0.717) is 22.3 Å². The predicted molar refractivity (Wildman–Crippen MR) is 143 cm³/mol. The van der Waals surface area contributed by atoms with E-state index in [1.807, 2.05) is 0 Å². The number of aromatic hydroxyl groups is 1. The van der Waals surface area contributed by atoms with Gasteiger partial charge in [-0.2, -0.15) is 0 Å². The topological polar surface area (TPSA) is 181 Å². The summed E-state index contributed by atoms with van der Waals surface area (Å²) in [6.45, 7) is 1.88. The molecule has 0 spiro atoms. The number of ether oxygens (including phenoxy) is 1. The first-order valence-corrected chi connectivity index (χ1v) is 13.3. The van der Waals surface area contributed by atoms with E-state index in [9.17, 15) is 39.0 Å². The quantitative estimate of drug-likeness (QED) is 0.347. The van der Waals surface area contributed by atoms with Crippen LogP contribution in [0.1, 0.15) is 39.6 Å². The van der Waals surface area contributed by atoms with E-state index in [1.54, 1.807) is 37.3 Å². The summed E-state index contributed by atoms with van der Waals surface area (Å²) < 4.78 is 5.10. The molecule has 2 aromatic rings. The van der Waals surface area contributed by atoms with Crippen molar-refractivity contribution in [2.45, 2.75) is 31.4 Å². The molecule has 2 saturated carbocycles. The molecule has 3 aliphatic carbocycles. The van der Waals surface area contributed by atoms with Crippen LogP contribution in [0.15, 0.2) is 36.4 Å². The Morgan fingerprint density at radius 2 is 1.80 bits per heavy atom. The SMILES string of the molecule is CCOC(=O)c1cccc(-c2ccc(O)c3c2CC2CC4C(N(C)C)C(=O)C(C(N)=O)C(=O)C4(O)C(=O)C2C3=O)c1. The van der Waals surface area contributed by atoms with Crippen molar-refractivity contribution in [3.8, 4) is 16.9 Å². The van der Waals surface area contributed by atoms with Gasteiger partial charge in [0.1, 0.15) is 5.75 Å². The number of phenolic OH excluding ortho intramolecular Hbond substituents is 1. The number of phenols is 1. The highest BCUT2D eigenvalue weighted by Crippen LogP contribution is 2.51. The van der Waals surface area contributed by atoms with Crippen LogP contribution in [0.2, 0.25) is 0 Å². The Labute approximate surface area is 235 Å². The molecule has 1 amide bonds. The first-order chi connectivity index (χ1) is 19.3. The number of hydrogen-bond acceptors (Lipinski definition) is 10. The minimum Gasteiger partial charge on any atom is -0.507 e. The van der Waals surface area contributed by atoms with Crippen LogP contribution < -0.4 is 5.73 Å². The van der Waals surface area contributed by atoms with Gasteiger partial charge in [-0.25, -0.2) is 4.79 Å². The second-order valence-corrected chi connectivity index (χ2v) is 11.1. The first kappa shape index (κ1) is 28.3. The van der Waals surface area contributed by atoms with Crippen molar-refractivity contribution in [2.24, 2.45) is 29.4 Å². The molecule has 214 valence electrons. The standard InChI is InChI=1S/C30H30N2O9/c1-4-41-29(39)14-7-5-6-13(10-14)16-8-9-19(33)21-17(16)11-15-12-18-23(32(2)3)25(35)22(28(31)38)27(37)30(18,40)26(36)20(15)24(21)34/h5-10,15,18,20,22-23,33,40H,4,11-12H2,1-3H3,(H2,31,38). The van der Waals surface area contributed by atoms with Gasteiger partial charge in [-0.05, 0) is 74.7 Å². The van der Waals surface area contributed by atoms with Crippen molar-refractivity contribution in [2.75, 3.05) is 20.7 Å². The molecule has 4 N–H and O–H groups in total. The minimum absolute atomic E-state index is 0.0537. The Kier molecular flexibility index (Phi) is 6.91. The van der Waals surface area contributed by atoms with Crippen molar-refractivity contribution in [1.29, 1.82) is 0 Å². The zero-order valence-electron chi connectivity index (χ0n) is 22.7. The Morgan fingerprint density at radius 3 is 2.44 bits per heavy atom. The molecule has 3 aliphatic rings. The van der Waals surface area contributed by atoms with Crippen molar-refractivity contribution < 1.29 is 43.7 Å². The Morgan fingerprint density at radius 1 is 1.10 bits per heavy atom. The van der Waals surface area contributed by atoms with Crippen molar-refractivity contribution in [1.82, 2.24) is 4.90 Å². The molecule has 2 fully saturated rings. The van der Waals surface area contributed by atoms with E-state index in [0.717, 1.165) is 0 Å². The fourth-order valence-electron chi connectivity index (χ4n) is 6.90. The largest absolute Gasteiger partial charge is 0.507 e. The van der Waals surface area contributed by atoms with Crippen LogP contribution in [0, 0.1) is 23.7 Å². The highest BCUT2D eigenvalue weighted by atomic mass is 16.5. The van der Waals surface area contributed by atoms with Crippen molar-refractivity contribution in [3.63, 3.8) is 0 Å². The van der Waals surface area contributed by atoms with Crippen LogP contribution in [0.5, 0.6) is 5.75 Å². The summed E-state index contributed by atoms with van der Waals surface area (Å²) in [5, 5.41) is 22.4. The van der Waals surface area contributed by atoms with Crippen LogP contribution >= 0.6 is 0 Å². The molecule has 0 aliphatic heterocycles. The highest BCUT2D eigenvalue weighted by molar-refractivity contribution is 6.32. The van der Waals surface area contributed by atoms with Gasteiger partial charge in [-0.1, -0.05) is 18.2 Å². The normalized spacial score (nSPS) is 29.0. The Balaban J connectivity index is 1.63. The van der Waals surface area contributed by atoms with E-state index in [4.69, 9.17) is 10.5 Å². The Hall–Kier alpha value is -4.22. The number of benzene rings is 2. The number of esters is 1. The van der Waals surface area contributed by atoms with Crippen LogP contribution in [-0.4, -0.2) is 82.5 Å². The minimum atomic E-state index is -2.78. The molecular weight excluding hydrogens is 532 g/mol. The fraction of sp³-hybridized carbons (Fsp3) is 0.400. The van der Waals surface area contributed by atoms with Gasteiger partial charge in [0.25, 0.3) is 0 Å². The molecule has 11 nitrogen and oxygen atoms in total. The molecule has 2 aromatic carbocycles. The summed E-state index contributed by atoms with van der Waals surface area (Å²) in [5.41, 5.74) is 4.32. The summed E-state index contributed by atoms with van der Waals surface area (Å²) >= 11 is 0. The van der Waals surface area contributed by atoms with Gasteiger partial charge in [-0.3, -0.25) is 28.9 Å². The first-order valence-electron chi connectivity index (χ1n) is 13.3. The molecule has 11 heteroatoms. The number of ketones is 4. The number of rotatable bonds is 5. The molecule has 6 atom stereocenters. The summed E-state index contributed by atoms with van der Waals surface area (Å²) in [6.07, 6.45) is 0.0566. The lowest BCUT2D eigenvalue weighted by molar-refractivity contribution is -0.181. The van der Waals surface area contributed by atoms with Crippen molar-refractivity contribution >= 4 is 35.0 Å². The zero-order chi connectivity index (χ0) is 30.0. The second kappa shape index (κ2) is 10.0. The number of carbonyl (C=O) groups excluding carboxylic acids is 6. The van der Waals surface area contributed by atoms with Gasteiger partial charge in [0.15, 0.2) is 34.7 Å². The van der Waals surface area contributed by atoms with E-state index in [2.05, 4.69) is 0 Å². The van der Waals surface area contributed by atoms with Gasteiger partial charge in [0, 0.05) is 5.92 Å². The smallest absolute Gasteiger partial charge is 0.338 e. The monoisotopic (exact) mass is 562 g/mol. The lowest BCUT2D eigenvalue weighted by atomic mass is 9.52. The number of aliphatic hydroxyl groups is 1. The number of nitrogens with zero attached hydrogens (tertiary/aromatic N) is 1. The number of nitrogens with two attached hydrogens (primary N) is 1. The van der Waals surface area contributed by atoms with Gasteiger partial charge in [0.2, 0.25) is 5.91 Å². The molecule has 41 heavy (non-hydrogen) atoms. The third kappa shape index (κ3) is 4.10. The third-order valence-electron chi connectivity index (χ3n) is 8.63. The number of likely N-dealkylation sites (N-methyl/N-ethyl adjacent to an activating group) is 1.